The van der Waals surface area contributed by atoms with Gasteiger partial charge in [-0.1, -0.05) is 42.5 Å². The Kier molecular flexibility index (Phi) is 7.76. The van der Waals surface area contributed by atoms with Gasteiger partial charge in [-0.3, -0.25) is 4.79 Å². The Morgan fingerprint density at radius 3 is 2.47 bits per heavy atom. The molecule has 0 aliphatic carbocycles. The van der Waals surface area contributed by atoms with E-state index in [0.29, 0.717) is 17.8 Å². The van der Waals surface area contributed by atoms with Gasteiger partial charge in [-0.2, -0.15) is 0 Å². The number of carbonyl (C=O) groups is 1. The van der Waals surface area contributed by atoms with E-state index < -0.39 is 21.6 Å². The summed E-state index contributed by atoms with van der Waals surface area (Å²) in [4.78, 5) is 18.5. The van der Waals surface area contributed by atoms with Gasteiger partial charge in [0, 0.05) is 20.2 Å². The number of sulfone groups is 1. The van der Waals surface area contributed by atoms with Crippen LogP contribution in [0.15, 0.2) is 66.0 Å². The maximum atomic E-state index is 14.1. The number of imidazole rings is 1. The van der Waals surface area contributed by atoms with Crippen molar-refractivity contribution in [1.82, 2.24) is 14.5 Å². The van der Waals surface area contributed by atoms with Crippen LogP contribution in [0.3, 0.4) is 0 Å². The zero-order chi connectivity index (χ0) is 23.1. The van der Waals surface area contributed by atoms with E-state index >= 15 is 0 Å². The van der Waals surface area contributed by atoms with E-state index in [-0.39, 0.29) is 36.2 Å². The molecule has 3 aromatic rings. The number of methoxy groups -OCH3 is 1. The van der Waals surface area contributed by atoms with Crippen molar-refractivity contribution in [2.45, 2.75) is 30.9 Å². The average molecular weight is 460 g/mol. The fourth-order valence-corrected chi connectivity index (χ4v) is 4.89. The van der Waals surface area contributed by atoms with Crippen molar-refractivity contribution >= 4 is 15.7 Å². The molecule has 0 aliphatic heterocycles. The topological polar surface area (TPSA) is 81.5 Å². The molecule has 3 rings (SSSR count). The third kappa shape index (κ3) is 5.41. The number of rotatable bonds is 10. The van der Waals surface area contributed by atoms with Crippen LogP contribution in [-0.2, 0) is 33.4 Å². The van der Waals surface area contributed by atoms with E-state index in [4.69, 9.17) is 4.74 Å². The minimum Gasteiger partial charge on any atom is -0.383 e. The van der Waals surface area contributed by atoms with Crippen LogP contribution >= 0.6 is 0 Å². The number of benzene rings is 2. The van der Waals surface area contributed by atoms with Gasteiger partial charge in [-0.25, -0.2) is 17.8 Å². The lowest BCUT2D eigenvalue weighted by Gasteiger charge is -2.22. The average Bonchev–Trinajstić information content (AvgIpc) is 3.19. The van der Waals surface area contributed by atoms with Crippen molar-refractivity contribution in [3.8, 4) is 0 Å². The lowest BCUT2D eigenvalue weighted by Crippen LogP contribution is -2.32. The molecule has 0 radical (unpaired) electrons. The number of carbonyl (C=O) groups excluding carboxylic acids is 1. The number of amides is 1. The van der Waals surface area contributed by atoms with Crippen LogP contribution in [-0.4, -0.2) is 49.0 Å². The summed E-state index contributed by atoms with van der Waals surface area (Å²) in [5.41, 5.74) is 1.15. The number of halogens is 1. The quantitative estimate of drug-likeness (QED) is 0.465. The van der Waals surface area contributed by atoms with Gasteiger partial charge in [-0.15, -0.1) is 0 Å². The van der Waals surface area contributed by atoms with Crippen molar-refractivity contribution in [2.24, 2.45) is 0 Å². The Morgan fingerprint density at radius 1 is 1.12 bits per heavy atom. The van der Waals surface area contributed by atoms with Crippen LogP contribution < -0.4 is 0 Å². The Bertz CT molecular complexity index is 1160. The van der Waals surface area contributed by atoms with E-state index in [1.807, 2.05) is 6.07 Å². The summed E-state index contributed by atoms with van der Waals surface area (Å²) in [6, 6.07) is 14.6. The molecular weight excluding hydrogens is 433 g/mol. The maximum absolute atomic E-state index is 14.1. The highest BCUT2D eigenvalue weighted by molar-refractivity contribution is 7.90. The van der Waals surface area contributed by atoms with Crippen LogP contribution in [0.25, 0.3) is 0 Å². The summed E-state index contributed by atoms with van der Waals surface area (Å²) in [5, 5.41) is -0.0807. The molecule has 1 amide bonds. The van der Waals surface area contributed by atoms with Gasteiger partial charge < -0.3 is 14.2 Å². The van der Waals surface area contributed by atoms with E-state index in [1.54, 1.807) is 41.8 Å². The monoisotopic (exact) mass is 459 g/mol. The van der Waals surface area contributed by atoms with Gasteiger partial charge in [0.25, 0.3) is 5.91 Å². The van der Waals surface area contributed by atoms with Gasteiger partial charge in [-0.05, 0) is 24.6 Å². The Labute approximate surface area is 187 Å². The SMILES string of the molecule is CCN(Cc1cnc(S(=O)(=O)Cc2ccccc2)n1CCOC)C(=O)c1ccccc1F. The number of hydrogen-bond acceptors (Lipinski definition) is 5. The molecule has 32 heavy (non-hydrogen) atoms. The highest BCUT2D eigenvalue weighted by Gasteiger charge is 2.26. The third-order valence-electron chi connectivity index (χ3n) is 5.02. The lowest BCUT2D eigenvalue weighted by molar-refractivity contribution is 0.0743. The van der Waals surface area contributed by atoms with Crippen LogP contribution in [0.4, 0.5) is 4.39 Å². The summed E-state index contributed by atoms with van der Waals surface area (Å²) < 4.78 is 47.0. The highest BCUT2D eigenvalue weighted by atomic mass is 32.2. The fraction of sp³-hybridized carbons (Fsp3) is 0.304. The molecule has 0 saturated heterocycles. The van der Waals surface area contributed by atoms with Gasteiger partial charge in [0.2, 0.25) is 15.0 Å². The zero-order valence-electron chi connectivity index (χ0n) is 18.1. The zero-order valence-corrected chi connectivity index (χ0v) is 18.9. The normalized spacial score (nSPS) is 11.5. The van der Waals surface area contributed by atoms with Crippen molar-refractivity contribution in [2.75, 3.05) is 20.3 Å². The van der Waals surface area contributed by atoms with Gasteiger partial charge in [0.15, 0.2) is 0 Å². The first-order valence-corrected chi connectivity index (χ1v) is 11.9. The second-order valence-electron chi connectivity index (χ2n) is 7.22. The molecule has 0 aliphatic rings. The molecule has 1 aromatic heterocycles. The van der Waals surface area contributed by atoms with Crippen LogP contribution in [0.2, 0.25) is 0 Å². The molecule has 0 atom stereocenters. The van der Waals surface area contributed by atoms with Crippen molar-refractivity contribution < 1.29 is 22.3 Å². The predicted octanol–water partition coefficient (Wildman–Crippen LogP) is 3.30. The molecule has 0 N–H and O–H groups in total. The fourth-order valence-electron chi connectivity index (χ4n) is 3.37. The minimum atomic E-state index is -3.74. The molecule has 0 spiro atoms. The summed E-state index contributed by atoms with van der Waals surface area (Å²) in [6.45, 7) is 2.70. The molecule has 7 nitrogen and oxygen atoms in total. The number of nitrogens with zero attached hydrogens (tertiary/aromatic N) is 3. The van der Waals surface area contributed by atoms with Gasteiger partial charge in [0.05, 0.1) is 36.4 Å². The van der Waals surface area contributed by atoms with Crippen molar-refractivity contribution in [3.05, 3.63) is 83.4 Å². The third-order valence-corrected chi connectivity index (χ3v) is 6.62. The smallest absolute Gasteiger partial charge is 0.257 e. The number of ether oxygens (including phenoxy) is 1. The number of aromatic nitrogens is 2. The van der Waals surface area contributed by atoms with Gasteiger partial charge >= 0.3 is 0 Å². The van der Waals surface area contributed by atoms with Crippen LogP contribution in [0.5, 0.6) is 0 Å². The minimum absolute atomic E-state index is 0.0331. The van der Waals surface area contributed by atoms with E-state index in [9.17, 15) is 17.6 Å². The maximum Gasteiger partial charge on any atom is 0.257 e. The molecule has 1 heterocycles. The Hall–Kier alpha value is -3.04. The molecule has 2 aromatic carbocycles. The molecule has 0 fully saturated rings. The van der Waals surface area contributed by atoms with E-state index in [2.05, 4.69) is 4.98 Å². The lowest BCUT2D eigenvalue weighted by atomic mass is 10.2. The van der Waals surface area contributed by atoms with Crippen molar-refractivity contribution in [1.29, 1.82) is 0 Å². The predicted molar refractivity (Wildman–Crippen MR) is 118 cm³/mol. The molecular formula is C23H26FN3O4S. The first-order chi connectivity index (χ1) is 15.4. The Morgan fingerprint density at radius 2 is 1.81 bits per heavy atom. The molecule has 0 unspecified atom stereocenters. The first-order valence-electron chi connectivity index (χ1n) is 10.2. The number of hydrogen-bond donors (Lipinski definition) is 0. The second-order valence-corrected chi connectivity index (χ2v) is 9.10. The Balaban J connectivity index is 1.92. The summed E-state index contributed by atoms with van der Waals surface area (Å²) >= 11 is 0. The standard InChI is InChI=1S/C23H26FN3O4S/c1-3-26(22(28)20-11-7-8-12-21(20)24)16-19-15-25-23(27(19)13-14-31-2)32(29,30)17-18-9-5-4-6-10-18/h4-12,15H,3,13-14,16-17H2,1-2H3. The molecule has 9 heteroatoms. The van der Waals surface area contributed by atoms with E-state index in [0.717, 1.165) is 0 Å². The van der Waals surface area contributed by atoms with Crippen LogP contribution in [0.1, 0.15) is 28.5 Å². The summed E-state index contributed by atoms with van der Waals surface area (Å²) in [7, 11) is -2.22. The molecule has 0 bridgehead atoms. The molecule has 0 saturated carbocycles. The second kappa shape index (κ2) is 10.5. The van der Waals surface area contributed by atoms with E-state index in [1.165, 1.54) is 36.4 Å². The summed E-state index contributed by atoms with van der Waals surface area (Å²) in [5.74, 6) is -1.27. The first kappa shape index (κ1) is 23.6. The van der Waals surface area contributed by atoms with Crippen molar-refractivity contribution in [3.63, 3.8) is 0 Å². The summed E-state index contributed by atoms with van der Waals surface area (Å²) in [6.07, 6.45) is 1.45. The largest absolute Gasteiger partial charge is 0.383 e. The highest BCUT2D eigenvalue weighted by Crippen LogP contribution is 2.20. The molecule has 170 valence electrons. The van der Waals surface area contributed by atoms with Crippen LogP contribution in [0, 0.1) is 5.82 Å². The van der Waals surface area contributed by atoms with Gasteiger partial charge in [0.1, 0.15) is 5.82 Å².